The van der Waals surface area contributed by atoms with Crippen LogP contribution in [-0.4, -0.2) is 23.1 Å². The average Bonchev–Trinajstić information content (AvgIpc) is 2.92. The molecule has 0 aliphatic heterocycles. The van der Waals surface area contributed by atoms with Crippen LogP contribution in [0.25, 0.3) is 0 Å². The lowest BCUT2D eigenvalue weighted by molar-refractivity contribution is -0.148. The Bertz CT molecular complexity index is 533. The Morgan fingerprint density at radius 3 is 1.12 bits per heavy atom. The lowest BCUT2D eigenvalue weighted by Gasteiger charge is -2.13. The lowest BCUT2D eigenvalue weighted by atomic mass is 10.0. The maximum Gasteiger partial charge on any atom is 0.306 e. The van der Waals surface area contributed by atoms with Crippen LogP contribution in [-0.2, 0) is 14.3 Å². The van der Waals surface area contributed by atoms with Crippen molar-refractivity contribution in [2.45, 2.75) is 219 Å². The van der Waals surface area contributed by atoms with Crippen LogP contribution in [0.15, 0.2) is 0 Å². The fourth-order valence-corrected chi connectivity index (χ4v) is 5.64. The second-order valence-electron chi connectivity index (χ2n) is 12.5. The third kappa shape index (κ3) is 33.1. The maximum absolute atomic E-state index is 12.1. The third-order valence-corrected chi connectivity index (χ3v) is 8.32. The van der Waals surface area contributed by atoms with Crippen LogP contribution in [0, 0.1) is 0 Å². The first-order valence-electron chi connectivity index (χ1n) is 18.0. The van der Waals surface area contributed by atoms with E-state index in [4.69, 9.17) is 9.84 Å². The van der Waals surface area contributed by atoms with Crippen LogP contribution in [0.5, 0.6) is 0 Å². The number of hydrogen-bond acceptors (Lipinski definition) is 3. The lowest BCUT2D eigenvalue weighted by Crippen LogP contribution is -2.14. The summed E-state index contributed by atoms with van der Waals surface area (Å²) in [7, 11) is 0. The van der Waals surface area contributed by atoms with Gasteiger partial charge in [-0.05, 0) is 32.6 Å². The van der Waals surface area contributed by atoms with Crippen molar-refractivity contribution < 1.29 is 19.4 Å². The van der Waals surface area contributed by atoms with Gasteiger partial charge in [-0.2, -0.15) is 0 Å². The minimum atomic E-state index is -0.673. The second kappa shape index (κ2) is 32.5. The van der Waals surface area contributed by atoms with Crippen LogP contribution in [0.3, 0.4) is 0 Å². The van der Waals surface area contributed by atoms with Gasteiger partial charge in [0, 0.05) is 12.8 Å². The highest BCUT2D eigenvalue weighted by atomic mass is 16.5. The monoisotopic (exact) mass is 567 g/mol. The molecular formula is C36H70O4. The molecule has 0 spiro atoms. The van der Waals surface area contributed by atoms with Crippen molar-refractivity contribution in [3.05, 3.63) is 0 Å². The second-order valence-corrected chi connectivity index (χ2v) is 12.5. The van der Waals surface area contributed by atoms with Gasteiger partial charge < -0.3 is 9.84 Å². The standard InChI is InChI=1S/C36H70O4/c1-3-4-5-6-7-8-9-10-11-12-13-14-18-21-24-27-30-33-36(39)40-34(2)31-28-25-22-19-16-15-17-20-23-26-29-32-35(37)38/h34H,3-33H2,1-2H3,(H,37,38). The Kier molecular flexibility index (Phi) is 31.6. The van der Waals surface area contributed by atoms with Crippen molar-refractivity contribution in [2.75, 3.05) is 0 Å². The topological polar surface area (TPSA) is 63.6 Å². The van der Waals surface area contributed by atoms with Gasteiger partial charge in [0.15, 0.2) is 0 Å². The van der Waals surface area contributed by atoms with E-state index in [1.54, 1.807) is 0 Å². The zero-order chi connectivity index (χ0) is 29.4. The van der Waals surface area contributed by atoms with Crippen LogP contribution < -0.4 is 0 Å². The fourth-order valence-electron chi connectivity index (χ4n) is 5.64. The number of carboxylic acids is 1. The molecule has 1 atom stereocenters. The maximum atomic E-state index is 12.1. The minimum absolute atomic E-state index is 0.00332. The molecule has 1 N–H and O–H groups in total. The summed E-state index contributed by atoms with van der Waals surface area (Å²) in [4.78, 5) is 22.6. The summed E-state index contributed by atoms with van der Waals surface area (Å²) in [5.74, 6) is -0.676. The first-order chi connectivity index (χ1) is 19.6. The van der Waals surface area contributed by atoms with E-state index in [1.807, 2.05) is 6.92 Å². The highest BCUT2D eigenvalue weighted by Crippen LogP contribution is 2.16. The van der Waals surface area contributed by atoms with Crippen molar-refractivity contribution >= 4 is 11.9 Å². The molecule has 1 unspecified atom stereocenters. The molecule has 0 bridgehead atoms. The number of unbranched alkanes of at least 4 members (excludes halogenated alkanes) is 26. The minimum Gasteiger partial charge on any atom is -0.481 e. The summed E-state index contributed by atoms with van der Waals surface area (Å²) in [5.41, 5.74) is 0. The van der Waals surface area contributed by atoms with Crippen LogP contribution in [0.2, 0.25) is 0 Å². The Morgan fingerprint density at radius 2 is 0.775 bits per heavy atom. The Labute approximate surface area is 250 Å². The van der Waals surface area contributed by atoms with Gasteiger partial charge in [0.25, 0.3) is 0 Å². The van der Waals surface area contributed by atoms with Gasteiger partial charge in [0.1, 0.15) is 0 Å². The first kappa shape index (κ1) is 38.9. The quantitative estimate of drug-likeness (QED) is 0.0633. The molecule has 0 rings (SSSR count). The molecule has 0 amide bonds. The summed E-state index contributed by atoms with van der Waals surface area (Å²) in [6.07, 6.45) is 38.2. The molecule has 0 aromatic heterocycles. The smallest absolute Gasteiger partial charge is 0.306 e. The van der Waals surface area contributed by atoms with E-state index in [9.17, 15) is 9.59 Å². The SMILES string of the molecule is CCCCCCCCCCCCCCCCCCCC(=O)OC(C)CCCCCCCCCCCCCC(=O)O. The largest absolute Gasteiger partial charge is 0.481 e. The van der Waals surface area contributed by atoms with Gasteiger partial charge in [-0.3, -0.25) is 9.59 Å². The number of carbonyl (C=O) groups excluding carboxylic acids is 1. The molecule has 0 aromatic carbocycles. The van der Waals surface area contributed by atoms with Crippen molar-refractivity contribution in [3.8, 4) is 0 Å². The normalized spacial score (nSPS) is 12.1. The number of ether oxygens (including phenoxy) is 1. The first-order valence-corrected chi connectivity index (χ1v) is 18.0. The molecule has 0 aromatic rings. The third-order valence-electron chi connectivity index (χ3n) is 8.32. The van der Waals surface area contributed by atoms with Crippen molar-refractivity contribution in [1.29, 1.82) is 0 Å². The fraction of sp³-hybridized carbons (Fsp3) is 0.944. The van der Waals surface area contributed by atoms with E-state index in [1.165, 1.54) is 148 Å². The van der Waals surface area contributed by atoms with Crippen molar-refractivity contribution in [1.82, 2.24) is 0 Å². The van der Waals surface area contributed by atoms with Crippen molar-refractivity contribution in [3.63, 3.8) is 0 Å². The molecular weight excluding hydrogens is 496 g/mol. The zero-order valence-electron chi connectivity index (χ0n) is 27.2. The van der Waals surface area contributed by atoms with E-state index in [0.717, 1.165) is 38.5 Å². The van der Waals surface area contributed by atoms with E-state index in [-0.39, 0.29) is 12.1 Å². The number of rotatable bonds is 33. The van der Waals surface area contributed by atoms with Gasteiger partial charge in [0.2, 0.25) is 0 Å². The van der Waals surface area contributed by atoms with Gasteiger partial charge >= 0.3 is 11.9 Å². The van der Waals surface area contributed by atoms with Crippen LogP contribution >= 0.6 is 0 Å². The molecule has 40 heavy (non-hydrogen) atoms. The summed E-state index contributed by atoms with van der Waals surface area (Å²) >= 11 is 0. The van der Waals surface area contributed by atoms with E-state index >= 15 is 0 Å². The van der Waals surface area contributed by atoms with Crippen LogP contribution in [0.1, 0.15) is 213 Å². The number of esters is 1. The van der Waals surface area contributed by atoms with Gasteiger partial charge in [-0.1, -0.05) is 167 Å². The summed E-state index contributed by atoms with van der Waals surface area (Å²) in [5, 5.41) is 8.63. The Morgan fingerprint density at radius 1 is 0.475 bits per heavy atom. The zero-order valence-corrected chi connectivity index (χ0v) is 27.2. The molecule has 0 heterocycles. The molecule has 238 valence electrons. The van der Waals surface area contributed by atoms with Crippen LogP contribution in [0.4, 0.5) is 0 Å². The molecule has 0 radical (unpaired) electrons. The predicted octanol–water partition coefficient (Wildman–Crippen LogP) is 12.1. The summed E-state index contributed by atoms with van der Waals surface area (Å²) in [6, 6.07) is 0. The number of aliphatic carboxylic acids is 1. The van der Waals surface area contributed by atoms with E-state index < -0.39 is 5.97 Å². The summed E-state index contributed by atoms with van der Waals surface area (Å²) < 4.78 is 5.62. The summed E-state index contributed by atoms with van der Waals surface area (Å²) in [6.45, 7) is 4.33. The van der Waals surface area contributed by atoms with Gasteiger partial charge in [-0.15, -0.1) is 0 Å². The van der Waals surface area contributed by atoms with Crippen molar-refractivity contribution in [2.24, 2.45) is 0 Å². The van der Waals surface area contributed by atoms with Gasteiger partial charge in [-0.25, -0.2) is 0 Å². The highest BCUT2D eigenvalue weighted by molar-refractivity contribution is 5.69. The molecule has 0 aliphatic carbocycles. The van der Waals surface area contributed by atoms with Gasteiger partial charge in [0.05, 0.1) is 6.10 Å². The average molecular weight is 567 g/mol. The Hall–Kier alpha value is -1.06. The number of carbonyl (C=O) groups is 2. The number of hydrogen-bond donors (Lipinski definition) is 1. The number of carboxylic acid groups (broad SMARTS) is 1. The predicted molar refractivity (Wildman–Crippen MR) is 172 cm³/mol. The molecule has 4 nitrogen and oxygen atoms in total. The molecule has 0 saturated heterocycles. The van der Waals surface area contributed by atoms with E-state index in [2.05, 4.69) is 6.92 Å². The van der Waals surface area contributed by atoms with E-state index in [0.29, 0.717) is 12.8 Å². The Balaban J connectivity index is 3.28. The molecule has 4 heteroatoms. The molecule has 0 saturated carbocycles. The molecule has 0 fully saturated rings. The molecule has 0 aliphatic rings. The highest BCUT2D eigenvalue weighted by Gasteiger charge is 2.09.